The third kappa shape index (κ3) is 3.86. The molecule has 0 radical (unpaired) electrons. The molecule has 3 N–H and O–H groups in total. The Morgan fingerprint density at radius 1 is 1.47 bits per heavy atom. The third-order valence-electron chi connectivity index (χ3n) is 2.72. The standard InChI is InChI=1S/C13H19N5O/c1-17(2)4-5-18(3)11-6-12(19)13(16-9-11)10(7-14)8-15/h6-7,9,19H,4-5,14H2,1-3H3. The second-order valence-electron chi connectivity index (χ2n) is 4.48. The SMILES string of the molecule is CN(C)CCN(C)c1cnc(C(C#N)=CN)c(O)c1. The Labute approximate surface area is 113 Å². The van der Waals surface area contributed by atoms with Crippen LogP contribution in [0.15, 0.2) is 18.5 Å². The monoisotopic (exact) mass is 261 g/mol. The summed E-state index contributed by atoms with van der Waals surface area (Å²) in [5, 5.41) is 18.8. The molecule has 0 saturated carbocycles. The van der Waals surface area contributed by atoms with Gasteiger partial charge < -0.3 is 20.6 Å². The molecule has 1 heterocycles. The van der Waals surface area contributed by atoms with Crippen molar-refractivity contribution in [1.29, 1.82) is 5.26 Å². The smallest absolute Gasteiger partial charge is 0.144 e. The third-order valence-corrected chi connectivity index (χ3v) is 2.72. The van der Waals surface area contributed by atoms with Crippen LogP contribution in [0.4, 0.5) is 5.69 Å². The number of pyridine rings is 1. The van der Waals surface area contributed by atoms with Gasteiger partial charge in [0.1, 0.15) is 17.5 Å². The maximum Gasteiger partial charge on any atom is 0.144 e. The van der Waals surface area contributed by atoms with Crippen molar-refractivity contribution in [3.8, 4) is 11.8 Å². The fraction of sp³-hybridized carbons (Fsp3) is 0.385. The average Bonchev–Trinajstić information content (AvgIpc) is 2.39. The fourth-order valence-corrected chi connectivity index (χ4v) is 1.51. The first-order valence-corrected chi connectivity index (χ1v) is 5.86. The molecule has 0 unspecified atom stereocenters. The molecule has 6 nitrogen and oxygen atoms in total. The lowest BCUT2D eigenvalue weighted by atomic mass is 10.2. The molecule has 0 aliphatic carbocycles. The molecule has 1 rings (SSSR count). The van der Waals surface area contributed by atoms with E-state index in [2.05, 4.69) is 9.88 Å². The van der Waals surface area contributed by atoms with E-state index in [1.54, 1.807) is 12.3 Å². The number of likely N-dealkylation sites (N-methyl/N-ethyl adjacent to an activating group) is 2. The van der Waals surface area contributed by atoms with Gasteiger partial charge in [0.05, 0.1) is 17.5 Å². The van der Waals surface area contributed by atoms with Crippen molar-refractivity contribution >= 4 is 11.3 Å². The zero-order valence-corrected chi connectivity index (χ0v) is 11.5. The maximum absolute atomic E-state index is 9.90. The van der Waals surface area contributed by atoms with Crippen LogP contribution in [0, 0.1) is 11.3 Å². The predicted octanol–water partition coefficient (Wildman–Crippen LogP) is 0.608. The van der Waals surface area contributed by atoms with Crippen molar-refractivity contribution < 1.29 is 5.11 Å². The van der Waals surface area contributed by atoms with E-state index in [0.29, 0.717) is 0 Å². The number of aromatic nitrogens is 1. The quantitative estimate of drug-likeness (QED) is 0.755. The number of nitrogens with two attached hydrogens (primary N) is 1. The zero-order chi connectivity index (χ0) is 14.4. The second-order valence-corrected chi connectivity index (χ2v) is 4.48. The molecule has 0 aliphatic heterocycles. The van der Waals surface area contributed by atoms with Gasteiger partial charge in [0.15, 0.2) is 0 Å². The summed E-state index contributed by atoms with van der Waals surface area (Å²) < 4.78 is 0. The largest absolute Gasteiger partial charge is 0.506 e. The van der Waals surface area contributed by atoms with Crippen molar-refractivity contribution in [2.75, 3.05) is 39.1 Å². The molecule has 0 fully saturated rings. The number of anilines is 1. The highest BCUT2D eigenvalue weighted by atomic mass is 16.3. The van der Waals surface area contributed by atoms with Gasteiger partial charge in [0.2, 0.25) is 0 Å². The zero-order valence-electron chi connectivity index (χ0n) is 11.5. The van der Waals surface area contributed by atoms with Crippen molar-refractivity contribution in [3.63, 3.8) is 0 Å². The Morgan fingerprint density at radius 3 is 2.63 bits per heavy atom. The van der Waals surface area contributed by atoms with Crippen LogP contribution in [0.3, 0.4) is 0 Å². The Hall–Kier alpha value is -2.26. The molecule has 0 saturated heterocycles. The lowest BCUT2D eigenvalue weighted by molar-refractivity contribution is 0.416. The molecular formula is C13H19N5O. The fourth-order valence-electron chi connectivity index (χ4n) is 1.51. The lowest BCUT2D eigenvalue weighted by Gasteiger charge is -2.21. The predicted molar refractivity (Wildman–Crippen MR) is 75.5 cm³/mol. The minimum absolute atomic E-state index is 0.0487. The van der Waals surface area contributed by atoms with E-state index in [9.17, 15) is 5.11 Å². The first-order chi connectivity index (χ1) is 8.99. The van der Waals surface area contributed by atoms with Gasteiger partial charge in [-0.3, -0.25) is 0 Å². The molecule has 0 bridgehead atoms. The molecule has 19 heavy (non-hydrogen) atoms. The van der Waals surface area contributed by atoms with Gasteiger partial charge in [-0.25, -0.2) is 4.98 Å². The Morgan fingerprint density at radius 2 is 2.16 bits per heavy atom. The number of rotatable bonds is 5. The second kappa shape index (κ2) is 6.61. The van der Waals surface area contributed by atoms with Crippen LogP contribution in [-0.2, 0) is 0 Å². The van der Waals surface area contributed by atoms with Crippen LogP contribution in [0.2, 0.25) is 0 Å². The van der Waals surface area contributed by atoms with Crippen LogP contribution >= 0.6 is 0 Å². The minimum atomic E-state index is -0.0487. The van der Waals surface area contributed by atoms with E-state index >= 15 is 0 Å². The van der Waals surface area contributed by atoms with Gasteiger partial charge in [-0.05, 0) is 14.1 Å². The molecule has 6 heteroatoms. The lowest BCUT2D eigenvalue weighted by Crippen LogP contribution is -2.28. The summed E-state index contributed by atoms with van der Waals surface area (Å²) in [7, 11) is 5.92. The molecule has 0 aromatic carbocycles. The Balaban J connectivity index is 2.91. The highest BCUT2D eigenvalue weighted by Gasteiger charge is 2.11. The van der Waals surface area contributed by atoms with E-state index < -0.39 is 0 Å². The van der Waals surface area contributed by atoms with Crippen LogP contribution < -0.4 is 10.6 Å². The molecule has 1 aromatic heterocycles. The summed E-state index contributed by atoms with van der Waals surface area (Å²) >= 11 is 0. The van der Waals surface area contributed by atoms with Gasteiger partial charge in [-0.1, -0.05) is 0 Å². The highest BCUT2D eigenvalue weighted by Crippen LogP contribution is 2.26. The van der Waals surface area contributed by atoms with E-state index in [4.69, 9.17) is 11.0 Å². The number of nitriles is 1. The normalized spacial score (nSPS) is 11.4. The van der Waals surface area contributed by atoms with Gasteiger partial charge in [0, 0.05) is 32.4 Å². The number of aromatic hydroxyl groups is 1. The van der Waals surface area contributed by atoms with Gasteiger partial charge in [-0.2, -0.15) is 5.26 Å². The number of allylic oxidation sites excluding steroid dienone is 1. The Kier molecular flexibility index (Phi) is 5.15. The Bertz CT molecular complexity index is 504. The van der Waals surface area contributed by atoms with Crippen LogP contribution in [0.5, 0.6) is 5.75 Å². The number of nitrogens with zero attached hydrogens (tertiary/aromatic N) is 4. The first kappa shape index (κ1) is 14.8. The molecule has 102 valence electrons. The highest BCUT2D eigenvalue weighted by molar-refractivity contribution is 5.78. The van der Waals surface area contributed by atoms with E-state index in [0.717, 1.165) is 25.0 Å². The number of hydrogen-bond acceptors (Lipinski definition) is 6. The molecule has 0 spiro atoms. The van der Waals surface area contributed by atoms with Crippen molar-refractivity contribution in [2.45, 2.75) is 0 Å². The minimum Gasteiger partial charge on any atom is -0.506 e. The van der Waals surface area contributed by atoms with Crippen LogP contribution in [-0.4, -0.2) is 49.2 Å². The summed E-state index contributed by atoms with van der Waals surface area (Å²) in [6, 6.07) is 3.47. The van der Waals surface area contributed by atoms with E-state index in [1.165, 1.54) is 0 Å². The van der Waals surface area contributed by atoms with Gasteiger partial charge in [0.25, 0.3) is 0 Å². The van der Waals surface area contributed by atoms with Crippen molar-refractivity contribution in [2.24, 2.45) is 5.73 Å². The van der Waals surface area contributed by atoms with Gasteiger partial charge in [-0.15, -0.1) is 0 Å². The summed E-state index contributed by atoms with van der Waals surface area (Å²) in [4.78, 5) is 8.15. The summed E-state index contributed by atoms with van der Waals surface area (Å²) in [5.41, 5.74) is 6.46. The van der Waals surface area contributed by atoms with Gasteiger partial charge >= 0.3 is 0 Å². The van der Waals surface area contributed by atoms with Crippen molar-refractivity contribution in [3.05, 3.63) is 24.2 Å². The molecule has 0 atom stereocenters. The molecule has 0 amide bonds. The molecular weight excluding hydrogens is 242 g/mol. The summed E-state index contributed by atoms with van der Waals surface area (Å²) in [5.74, 6) is -0.0487. The number of hydrogen-bond donors (Lipinski definition) is 2. The topological polar surface area (TPSA) is 89.4 Å². The van der Waals surface area contributed by atoms with E-state index in [1.807, 2.05) is 32.1 Å². The molecule has 1 aromatic rings. The van der Waals surface area contributed by atoms with E-state index in [-0.39, 0.29) is 17.0 Å². The maximum atomic E-state index is 9.90. The summed E-state index contributed by atoms with van der Waals surface area (Å²) in [6.45, 7) is 1.70. The van der Waals surface area contributed by atoms with Crippen LogP contribution in [0.1, 0.15) is 5.69 Å². The summed E-state index contributed by atoms with van der Waals surface area (Å²) in [6.07, 6.45) is 2.75. The van der Waals surface area contributed by atoms with Crippen LogP contribution in [0.25, 0.3) is 5.57 Å². The average molecular weight is 261 g/mol. The van der Waals surface area contributed by atoms with Crippen molar-refractivity contribution in [1.82, 2.24) is 9.88 Å². The first-order valence-electron chi connectivity index (χ1n) is 5.86. The molecule has 0 aliphatic rings.